The molecule has 2 N–H and O–H groups in total. The van der Waals surface area contributed by atoms with Crippen molar-refractivity contribution in [3.05, 3.63) is 83.8 Å². The predicted octanol–water partition coefficient (Wildman–Crippen LogP) is 3.85. The van der Waals surface area contributed by atoms with Crippen LogP contribution in [-0.4, -0.2) is 26.9 Å². The minimum atomic E-state index is -3.78. The number of esters is 1. The summed E-state index contributed by atoms with van der Waals surface area (Å²) in [5.74, 6) is -0.731. The van der Waals surface area contributed by atoms with E-state index < -0.39 is 28.5 Å². The molecule has 8 nitrogen and oxygen atoms in total. The number of hydrogen-bond donors (Lipinski definition) is 2. The van der Waals surface area contributed by atoms with Gasteiger partial charge in [0.25, 0.3) is 5.91 Å². The first-order valence-corrected chi connectivity index (χ1v) is 11.7. The average molecular weight is 471 g/mol. The number of sulfonamides is 1. The first-order chi connectivity index (χ1) is 15.6. The van der Waals surface area contributed by atoms with E-state index in [4.69, 9.17) is 9.15 Å². The van der Waals surface area contributed by atoms with Crippen molar-refractivity contribution in [3.63, 3.8) is 0 Å². The highest BCUT2D eigenvalue weighted by molar-refractivity contribution is 7.89. The summed E-state index contributed by atoms with van der Waals surface area (Å²) in [4.78, 5) is 24.6. The van der Waals surface area contributed by atoms with Gasteiger partial charge < -0.3 is 14.5 Å². The van der Waals surface area contributed by atoms with Gasteiger partial charge in [-0.25, -0.2) is 17.9 Å². The minimum Gasteiger partial charge on any atom is -0.468 e. The van der Waals surface area contributed by atoms with Crippen LogP contribution in [0.5, 0.6) is 0 Å². The number of para-hydroxylation sites is 1. The predicted molar refractivity (Wildman–Crippen MR) is 123 cm³/mol. The summed E-state index contributed by atoms with van der Waals surface area (Å²) in [5, 5.41) is 2.77. The zero-order valence-electron chi connectivity index (χ0n) is 18.6. The molecule has 9 heteroatoms. The Balaban J connectivity index is 1.56. The van der Waals surface area contributed by atoms with Crippen LogP contribution in [0.25, 0.3) is 0 Å². The number of rotatable bonds is 8. The molecule has 2 aromatic carbocycles. The first-order valence-electron chi connectivity index (χ1n) is 10.2. The van der Waals surface area contributed by atoms with E-state index in [1.54, 1.807) is 18.2 Å². The van der Waals surface area contributed by atoms with Crippen LogP contribution in [0.4, 0.5) is 5.69 Å². The highest BCUT2D eigenvalue weighted by Crippen LogP contribution is 2.29. The quantitative estimate of drug-likeness (QED) is 0.483. The maximum absolute atomic E-state index is 12.4. The number of furan rings is 1. The summed E-state index contributed by atoms with van der Waals surface area (Å²) < 4.78 is 37.3. The number of benzene rings is 2. The Morgan fingerprint density at radius 1 is 0.970 bits per heavy atom. The Hall–Kier alpha value is -3.43. The molecule has 0 saturated carbocycles. The molecule has 0 saturated heterocycles. The molecule has 0 aliphatic heterocycles. The number of carbonyl (C=O) groups excluding carboxylic acids is 2. The molecule has 0 aliphatic carbocycles. The van der Waals surface area contributed by atoms with Crippen molar-refractivity contribution in [1.29, 1.82) is 0 Å². The van der Waals surface area contributed by atoms with Crippen molar-refractivity contribution in [2.75, 3.05) is 11.9 Å². The molecule has 33 heavy (non-hydrogen) atoms. The Kier molecular flexibility index (Phi) is 7.35. The van der Waals surface area contributed by atoms with Crippen LogP contribution >= 0.6 is 0 Å². The third-order valence-electron chi connectivity index (χ3n) is 4.76. The van der Waals surface area contributed by atoms with E-state index in [1.165, 1.54) is 30.5 Å². The Morgan fingerprint density at radius 3 is 2.30 bits per heavy atom. The van der Waals surface area contributed by atoms with Gasteiger partial charge in [0.15, 0.2) is 6.61 Å². The van der Waals surface area contributed by atoms with Gasteiger partial charge in [0.2, 0.25) is 10.0 Å². The van der Waals surface area contributed by atoms with Gasteiger partial charge in [-0.1, -0.05) is 39.0 Å². The fraction of sp³-hybridized carbons (Fsp3) is 0.250. The highest BCUT2D eigenvalue weighted by Gasteiger charge is 2.20. The van der Waals surface area contributed by atoms with Crippen LogP contribution in [0.2, 0.25) is 0 Å². The van der Waals surface area contributed by atoms with Gasteiger partial charge in [-0.3, -0.25) is 4.79 Å². The van der Waals surface area contributed by atoms with Gasteiger partial charge in [-0.05, 0) is 53.4 Å². The molecule has 3 aromatic rings. The Morgan fingerprint density at radius 2 is 1.67 bits per heavy atom. The van der Waals surface area contributed by atoms with E-state index in [0.29, 0.717) is 11.4 Å². The third-order valence-corrected chi connectivity index (χ3v) is 6.18. The Labute approximate surface area is 193 Å². The standard InChI is InChI=1S/C24H26N2O6S/c1-24(2,3)20-8-4-5-9-21(20)26-22(27)16-32-23(28)17-10-12-19(13-11-17)33(29,30)25-15-18-7-6-14-31-18/h4-14,25H,15-16H2,1-3H3,(H,26,27). The third kappa shape index (κ3) is 6.53. The molecule has 1 aromatic heterocycles. The van der Waals surface area contributed by atoms with Gasteiger partial charge in [-0.15, -0.1) is 0 Å². The smallest absolute Gasteiger partial charge is 0.338 e. The number of nitrogens with one attached hydrogen (secondary N) is 2. The maximum Gasteiger partial charge on any atom is 0.338 e. The number of hydrogen-bond acceptors (Lipinski definition) is 6. The van der Waals surface area contributed by atoms with Crippen molar-refractivity contribution in [1.82, 2.24) is 4.72 Å². The van der Waals surface area contributed by atoms with E-state index in [-0.39, 0.29) is 22.4 Å². The lowest BCUT2D eigenvalue weighted by Crippen LogP contribution is -2.24. The lowest BCUT2D eigenvalue weighted by atomic mass is 9.86. The van der Waals surface area contributed by atoms with E-state index in [0.717, 1.165) is 5.56 Å². The van der Waals surface area contributed by atoms with Crippen molar-refractivity contribution in [3.8, 4) is 0 Å². The van der Waals surface area contributed by atoms with E-state index in [2.05, 4.69) is 10.0 Å². The zero-order valence-corrected chi connectivity index (χ0v) is 19.4. The molecule has 0 unspecified atom stereocenters. The number of amides is 1. The molecule has 0 aliphatic rings. The topological polar surface area (TPSA) is 115 Å². The molecule has 174 valence electrons. The zero-order chi connectivity index (χ0) is 24.1. The van der Waals surface area contributed by atoms with Gasteiger partial charge in [0, 0.05) is 5.69 Å². The van der Waals surface area contributed by atoms with Crippen molar-refractivity contribution in [2.45, 2.75) is 37.6 Å². The molecule has 1 heterocycles. The molecule has 1 amide bonds. The average Bonchev–Trinajstić information content (AvgIpc) is 3.30. The minimum absolute atomic E-state index is 0.00653. The van der Waals surface area contributed by atoms with E-state index in [9.17, 15) is 18.0 Å². The summed E-state index contributed by atoms with van der Waals surface area (Å²) in [6, 6.07) is 16.0. The van der Waals surface area contributed by atoms with Crippen molar-refractivity contribution in [2.24, 2.45) is 0 Å². The van der Waals surface area contributed by atoms with E-state index in [1.807, 2.05) is 39.0 Å². The van der Waals surface area contributed by atoms with Gasteiger partial charge >= 0.3 is 5.97 Å². The maximum atomic E-state index is 12.4. The van der Waals surface area contributed by atoms with Crippen LogP contribution < -0.4 is 10.0 Å². The molecule has 0 bridgehead atoms. The van der Waals surface area contributed by atoms with Gasteiger partial charge in [0.05, 0.1) is 23.3 Å². The first kappa shape index (κ1) is 24.2. The number of carbonyl (C=O) groups is 2. The monoisotopic (exact) mass is 470 g/mol. The largest absolute Gasteiger partial charge is 0.468 e. The second-order valence-electron chi connectivity index (χ2n) is 8.35. The molecule has 0 atom stereocenters. The van der Waals surface area contributed by atoms with E-state index >= 15 is 0 Å². The van der Waals surface area contributed by atoms with Crippen LogP contribution in [-0.2, 0) is 31.5 Å². The summed E-state index contributed by atoms with van der Waals surface area (Å²) >= 11 is 0. The molecule has 0 radical (unpaired) electrons. The van der Waals surface area contributed by atoms with Crippen LogP contribution in [0.3, 0.4) is 0 Å². The second kappa shape index (κ2) is 10.0. The number of anilines is 1. The lowest BCUT2D eigenvalue weighted by molar-refractivity contribution is -0.119. The van der Waals surface area contributed by atoms with Crippen LogP contribution in [0.1, 0.15) is 42.5 Å². The summed E-state index contributed by atoms with van der Waals surface area (Å²) in [5.41, 5.74) is 1.57. The van der Waals surface area contributed by atoms with Crippen LogP contribution in [0.15, 0.2) is 76.2 Å². The molecule has 3 rings (SSSR count). The summed E-state index contributed by atoms with van der Waals surface area (Å²) in [7, 11) is -3.78. The molecule has 0 fully saturated rings. The van der Waals surface area contributed by atoms with Gasteiger partial charge in [0.1, 0.15) is 5.76 Å². The van der Waals surface area contributed by atoms with Gasteiger partial charge in [-0.2, -0.15) is 0 Å². The second-order valence-corrected chi connectivity index (χ2v) is 10.1. The van der Waals surface area contributed by atoms with Crippen molar-refractivity contribution < 1.29 is 27.2 Å². The normalized spacial score (nSPS) is 11.7. The Bertz CT molecular complexity index is 1210. The molecular weight excluding hydrogens is 444 g/mol. The fourth-order valence-corrected chi connectivity index (χ4v) is 4.07. The lowest BCUT2D eigenvalue weighted by Gasteiger charge is -2.22. The fourth-order valence-electron chi connectivity index (χ4n) is 3.08. The number of ether oxygens (including phenoxy) is 1. The molecule has 0 spiro atoms. The highest BCUT2D eigenvalue weighted by atomic mass is 32.2. The molecular formula is C24H26N2O6S. The van der Waals surface area contributed by atoms with Crippen molar-refractivity contribution >= 4 is 27.6 Å². The van der Waals surface area contributed by atoms with Crippen LogP contribution in [0, 0.1) is 0 Å². The summed E-state index contributed by atoms with van der Waals surface area (Å²) in [6.07, 6.45) is 1.45. The SMILES string of the molecule is CC(C)(C)c1ccccc1NC(=O)COC(=O)c1ccc(S(=O)(=O)NCc2ccco2)cc1. The summed E-state index contributed by atoms with van der Waals surface area (Å²) in [6.45, 7) is 5.64.